The molecule has 3 aromatic carbocycles. The molecule has 1 aliphatic rings. The van der Waals surface area contributed by atoms with E-state index in [9.17, 15) is 4.79 Å². The molecule has 4 nitrogen and oxygen atoms in total. The fourth-order valence-electron chi connectivity index (χ4n) is 3.82. The van der Waals surface area contributed by atoms with Crippen LogP contribution in [0.3, 0.4) is 0 Å². The summed E-state index contributed by atoms with van der Waals surface area (Å²) >= 11 is 12.4. The van der Waals surface area contributed by atoms with E-state index in [1.165, 1.54) is 11.3 Å². The van der Waals surface area contributed by atoms with Crippen molar-refractivity contribution in [2.24, 2.45) is 0 Å². The Balaban J connectivity index is 1.57. The van der Waals surface area contributed by atoms with Crippen molar-refractivity contribution in [1.29, 1.82) is 5.26 Å². The molecule has 0 unspecified atom stereocenters. The molecule has 0 saturated carbocycles. The average molecular weight is 450 g/mol. The number of rotatable bonds is 6. The quantitative estimate of drug-likeness (QED) is 0.478. The highest BCUT2D eigenvalue weighted by atomic mass is 35.5. The van der Waals surface area contributed by atoms with Gasteiger partial charge in [0, 0.05) is 40.9 Å². The molecule has 0 aromatic heterocycles. The number of carbonyl (C=O) groups excluding carboxylic acids is 1. The Kier molecular flexibility index (Phi) is 6.46. The van der Waals surface area contributed by atoms with E-state index in [0.717, 1.165) is 29.7 Å². The van der Waals surface area contributed by atoms with Gasteiger partial charge >= 0.3 is 0 Å². The summed E-state index contributed by atoms with van der Waals surface area (Å²) in [5.74, 6) is -0.169. The summed E-state index contributed by atoms with van der Waals surface area (Å²) < 4.78 is 0. The lowest BCUT2D eigenvalue weighted by Crippen LogP contribution is -2.24. The number of nitriles is 1. The van der Waals surface area contributed by atoms with Crippen molar-refractivity contribution in [2.45, 2.75) is 19.4 Å². The Hall–Kier alpha value is -3.00. The van der Waals surface area contributed by atoms with Gasteiger partial charge in [-0.3, -0.25) is 4.79 Å². The molecule has 1 amide bonds. The second-order valence-corrected chi connectivity index (χ2v) is 8.34. The molecule has 0 radical (unpaired) electrons. The molecule has 0 fully saturated rings. The SMILES string of the molecule is N#CCCNC(=O)c1cccc(-c2ccc3c(c2)N(Cc2ccc(Cl)cc2Cl)CC3)c1. The van der Waals surface area contributed by atoms with Gasteiger partial charge in [-0.1, -0.05) is 53.5 Å². The van der Waals surface area contributed by atoms with Crippen molar-refractivity contribution in [2.75, 3.05) is 18.0 Å². The highest BCUT2D eigenvalue weighted by Gasteiger charge is 2.21. The third kappa shape index (κ3) is 4.85. The van der Waals surface area contributed by atoms with Crippen LogP contribution < -0.4 is 10.2 Å². The fraction of sp³-hybridized carbons (Fsp3) is 0.200. The van der Waals surface area contributed by atoms with Crippen LogP contribution in [-0.2, 0) is 13.0 Å². The standard InChI is InChI=1S/C25H21Cl2N3O/c26-22-8-7-21(23(27)15-22)16-30-12-9-17-5-6-19(14-24(17)30)18-3-1-4-20(13-18)25(31)29-11-2-10-28/h1,3-8,13-15H,2,9,11-12,16H2,(H,29,31). The molecule has 0 bridgehead atoms. The van der Waals surface area contributed by atoms with Crippen LogP contribution in [0.4, 0.5) is 5.69 Å². The van der Waals surface area contributed by atoms with Crippen LogP contribution in [-0.4, -0.2) is 19.0 Å². The van der Waals surface area contributed by atoms with E-state index >= 15 is 0 Å². The third-order valence-corrected chi connectivity index (χ3v) is 6.02. The lowest BCUT2D eigenvalue weighted by atomic mass is 10.00. The molecule has 3 aromatic rings. The highest BCUT2D eigenvalue weighted by molar-refractivity contribution is 6.35. The number of nitrogens with zero attached hydrogens (tertiary/aromatic N) is 2. The van der Waals surface area contributed by atoms with Gasteiger partial charge in [0.25, 0.3) is 5.91 Å². The van der Waals surface area contributed by atoms with Gasteiger partial charge < -0.3 is 10.2 Å². The molecule has 1 N–H and O–H groups in total. The number of hydrogen-bond acceptors (Lipinski definition) is 3. The zero-order valence-electron chi connectivity index (χ0n) is 16.9. The van der Waals surface area contributed by atoms with Crippen molar-refractivity contribution < 1.29 is 4.79 Å². The van der Waals surface area contributed by atoms with E-state index in [0.29, 0.717) is 35.1 Å². The van der Waals surface area contributed by atoms with Crippen LogP contribution in [0.5, 0.6) is 0 Å². The molecule has 0 aliphatic carbocycles. The molecule has 0 atom stereocenters. The molecule has 0 spiro atoms. The van der Waals surface area contributed by atoms with E-state index in [2.05, 4.69) is 28.4 Å². The number of carbonyl (C=O) groups is 1. The lowest BCUT2D eigenvalue weighted by Gasteiger charge is -2.21. The molecular weight excluding hydrogens is 429 g/mol. The number of benzene rings is 3. The van der Waals surface area contributed by atoms with Crippen molar-refractivity contribution in [3.8, 4) is 17.2 Å². The topological polar surface area (TPSA) is 56.1 Å². The minimum Gasteiger partial charge on any atom is -0.367 e. The van der Waals surface area contributed by atoms with Crippen molar-refractivity contribution >= 4 is 34.8 Å². The molecule has 6 heteroatoms. The predicted octanol–water partition coefficient (Wildman–Crippen LogP) is 5.87. The minimum atomic E-state index is -0.169. The molecule has 1 heterocycles. The molecule has 0 saturated heterocycles. The molecule has 31 heavy (non-hydrogen) atoms. The smallest absolute Gasteiger partial charge is 0.251 e. The largest absolute Gasteiger partial charge is 0.367 e. The van der Waals surface area contributed by atoms with Gasteiger partial charge in [0.05, 0.1) is 12.5 Å². The maximum absolute atomic E-state index is 12.4. The maximum atomic E-state index is 12.4. The van der Waals surface area contributed by atoms with Gasteiger partial charge in [0.15, 0.2) is 0 Å². The van der Waals surface area contributed by atoms with Gasteiger partial charge in [-0.15, -0.1) is 0 Å². The van der Waals surface area contributed by atoms with Gasteiger partial charge in [0.2, 0.25) is 0 Å². The monoisotopic (exact) mass is 449 g/mol. The fourth-order valence-corrected chi connectivity index (χ4v) is 4.29. The zero-order valence-corrected chi connectivity index (χ0v) is 18.4. The van der Waals surface area contributed by atoms with Crippen molar-refractivity contribution in [3.05, 3.63) is 87.4 Å². The first-order valence-corrected chi connectivity index (χ1v) is 10.9. The summed E-state index contributed by atoms with van der Waals surface area (Å²) in [4.78, 5) is 14.7. The highest BCUT2D eigenvalue weighted by Crippen LogP contribution is 2.35. The first-order chi connectivity index (χ1) is 15.0. The summed E-state index contributed by atoms with van der Waals surface area (Å²) in [5, 5.41) is 12.7. The maximum Gasteiger partial charge on any atom is 0.251 e. The Morgan fingerprint density at radius 1 is 1.06 bits per heavy atom. The summed E-state index contributed by atoms with van der Waals surface area (Å²) in [6.07, 6.45) is 1.28. The normalized spacial score (nSPS) is 12.4. The number of halogens is 2. The Morgan fingerprint density at radius 2 is 1.90 bits per heavy atom. The van der Waals surface area contributed by atoms with E-state index in [4.69, 9.17) is 28.5 Å². The third-order valence-electron chi connectivity index (χ3n) is 5.43. The Labute approximate surface area is 192 Å². The van der Waals surface area contributed by atoms with Gasteiger partial charge in [-0.05, 0) is 59.0 Å². The van der Waals surface area contributed by atoms with Crippen LogP contribution in [0.2, 0.25) is 10.0 Å². The van der Waals surface area contributed by atoms with Crippen molar-refractivity contribution in [1.82, 2.24) is 5.32 Å². The number of nitrogens with one attached hydrogen (secondary N) is 1. The average Bonchev–Trinajstić information content (AvgIpc) is 3.18. The number of amides is 1. The van der Waals surface area contributed by atoms with E-state index < -0.39 is 0 Å². The van der Waals surface area contributed by atoms with Gasteiger partial charge in [0.1, 0.15) is 0 Å². The van der Waals surface area contributed by atoms with E-state index in [1.54, 1.807) is 12.1 Å². The molecule has 1 aliphatic heterocycles. The molecular formula is C25H21Cl2N3O. The van der Waals surface area contributed by atoms with Gasteiger partial charge in [-0.2, -0.15) is 5.26 Å². The van der Waals surface area contributed by atoms with E-state index in [-0.39, 0.29) is 5.91 Å². The van der Waals surface area contributed by atoms with Crippen LogP contribution in [0, 0.1) is 11.3 Å². The van der Waals surface area contributed by atoms with Gasteiger partial charge in [-0.25, -0.2) is 0 Å². The first kappa shape index (κ1) is 21.2. The second-order valence-electron chi connectivity index (χ2n) is 7.50. The lowest BCUT2D eigenvalue weighted by molar-refractivity contribution is 0.0954. The van der Waals surface area contributed by atoms with Crippen LogP contribution in [0.15, 0.2) is 60.7 Å². The van der Waals surface area contributed by atoms with Crippen LogP contribution in [0.25, 0.3) is 11.1 Å². The summed E-state index contributed by atoms with van der Waals surface area (Å²) in [7, 11) is 0. The van der Waals surface area contributed by atoms with E-state index in [1.807, 2.05) is 36.4 Å². The van der Waals surface area contributed by atoms with Crippen molar-refractivity contribution in [3.63, 3.8) is 0 Å². The number of hydrogen-bond donors (Lipinski definition) is 1. The number of fused-ring (bicyclic) bond motifs is 1. The Morgan fingerprint density at radius 3 is 2.71 bits per heavy atom. The van der Waals surface area contributed by atoms with Crippen LogP contribution >= 0.6 is 23.2 Å². The zero-order chi connectivity index (χ0) is 21.8. The van der Waals surface area contributed by atoms with Crippen LogP contribution in [0.1, 0.15) is 27.9 Å². The predicted molar refractivity (Wildman–Crippen MR) is 126 cm³/mol. The summed E-state index contributed by atoms with van der Waals surface area (Å²) in [5.41, 5.74) is 6.15. The Bertz CT molecular complexity index is 1170. The summed E-state index contributed by atoms with van der Waals surface area (Å²) in [6.45, 7) is 1.99. The minimum absolute atomic E-state index is 0.169. The molecule has 156 valence electrons. The summed E-state index contributed by atoms with van der Waals surface area (Å²) in [6, 6.07) is 21.6. The second kappa shape index (κ2) is 9.43. The molecule has 4 rings (SSSR count). The first-order valence-electron chi connectivity index (χ1n) is 10.1. The number of anilines is 1.